The van der Waals surface area contributed by atoms with E-state index in [1.54, 1.807) is 0 Å². The number of amides is 1. The summed E-state index contributed by atoms with van der Waals surface area (Å²) in [7, 11) is 0. The molecule has 4 rings (SSSR count). The Labute approximate surface area is 161 Å². The van der Waals surface area contributed by atoms with Crippen molar-refractivity contribution in [2.24, 2.45) is 0 Å². The van der Waals surface area contributed by atoms with E-state index in [0.29, 0.717) is 25.1 Å². The molecule has 2 saturated heterocycles. The molecule has 2 unspecified atom stereocenters. The Bertz CT molecular complexity index is 746. The van der Waals surface area contributed by atoms with E-state index < -0.39 is 0 Å². The normalized spacial score (nSPS) is 21.9. The molecule has 1 amide bonds. The molecule has 4 nitrogen and oxygen atoms in total. The van der Waals surface area contributed by atoms with Crippen LogP contribution in [-0.2, 0) is 4.79 Å². The van der Waals surface area contributed by atoms with Gasteiger partial charge in [-0.1, -0.05) is 36.4 Å². The summed E-state index contributed by atoms with van der Waals surface area (Å²) in [5.74, 6) is 1.18. The molecule has 26 heavy (non-hydrogen) atoms. The quantitative estimate of drug-likeness (QED) is 0.810. The summed E-state index contributed by atoms with van der Waals surface area (Å²) in [5.41, 5.74) is 0. The van der Waals surface area contributed by atoms with E-state index in [4.69, 9.17) is 4.74 Å². The minimum atomic E-state index is 0. The first-order valence-corrected chi connectivity index (χ1v) is 9.44. The second-order valence-corrected chi connectivity index (χ2v) is 7.20. The Balaban J connectivity index is 0.00000196. The highest BCUT2D eigenvalue weighted by Crippen LogP contribution is 2.25. The summed E-state index contributed by atoms with van der Waals surface area (Å²) in [6.45, 7) is 2.36. The van der Waals surface area contributed by atoms with Crippen LogP contribution >= 0.6 is 12.4 Å². The Morgan fingerprint density at radius 2 is 1.88 bits per heavy atom. The largest absolute Gasteiger partial charge is 0.493 e. The smallest absolute Gasteiger partial charge is 0.222 e. The molecule has 2 heterocycles. The van der Waals surface area contributed by atoms with Crippen LogP contribution in [0.25, 0.3) is 10.8 Å². The molecule has 0 radical (unpaired) electrons. The Kier molecular flexibility index (Phi) is 6.38. The van der Waals surface area contributed by atoms with Gasteiger partial charge in [0.25, 0.3) is 0 Å². The second-order valence-electron chi connectivity index (χ2n) is 7.20. The van der Waals surface area contributed by atoms with Crippen LogP contribution in [0.3, 0.4) is 0 Å². The summed E-state index contributed by atoms with van der Waals surface area (Å²) < 4.78 is 5.95. The lowest BCUT2D eigenvalue weighted by Crippen LogP contribution is -2.39. The number of fused-ring (bicyclic) bond motifs is 3. The maximum atomic E-state index is 12.5. The maximum Gasteiger partial charge on any atom is 0.222 e. The van der Waals surface area contributed by atoms with Crippen LogP contribution in [0.2, 0.25) is 0 Å². The highest BCUT2D eigenvalue weighted by atomic mass is 35.5. The van der Waals surface area contributed by atoms with Crippen LogP contribution in [0.15, 0.2) is 42.5 Å². The van der Waals surface area contributed by atoms with Crippen LogP contribution in [0, 0.1) is 0 Å². The molecular weight excluding hydrogens is 348 g/mol. The van der Waals surface area contributed by atoms with Gasteiger partial charge >= 0.3 is 0 Å². The number of nitrogens with one attached hydrogen (secondary N) is 1. The number of hydrogen-bond donors (Lipinski definition) is 1. The van der Waals surface area contributed by atoms with E-state index >= 15 is 0 Å². The van der Waals surface area contributed by atoms with Gasteiger partial charge < -0.3 is 15.0 Å². The Morgan fingerprint density at radius 1 is 1.08 bits per heavy atom. The fourth-order valence-electron chi connectivity index (χ4n) is 4.05. The van der Waals surface area contributed by atoms with Crippen molar-refractivity contribution in [3.8, 4) is 5.75 Å². The third-order valence-corrected chi connectivity index (χ3v) is 5.42. The van der Waals surface area contributed by atoms with Crippen molar-refractivity contribution in [2.75, 3.05) is 19.7 Å². The van der Waals surface area contributed by atoms with Gasteiger partial charge in [-0.2, -0.15) is 0 Å². The van der Waals surface area contributed by atoms with Crippen molar-refractivity contribution < 1.29 is 9.53 Å². The Morgan fingerprint density at radius 3 is 2.81 bits per heavy atom. The number of halogens is 1. The summed E-state index contributed by atoms with van der Waals surface area (Å²) in [4.78, 5) is 14.5. The first-order valence-electron chi connectivity index (χ1n) is 9.44. The van der Waals surface area contributed by atoms with Gasteiger partial charge in [0.05, 0.1) is 6.61 Å². The lowest BCUT2D eigenvalue weighted by molar-refractivity contribution is -0.131. The van der Waals surface area contributed by atoms with E-state index in [9.17, 15) is 4.79 Å². The van der Waals surface area contributed by atoms with Crippen molar-refractivity contribution in [3.63, 3.8) is 0 Å². The number of ether oxygens (including phenoxy) is 1. The summed E-state index contributed by atoms with van der Waals surface area (Å²) in [5, 5.41) is 5.94. The van der Waals surface area contributed by atoms with E-state index in [-0.39, 0.29) is 18.3 Å². The Hall–Kier alpha value is -1.78. The van der Waals surface area contributed by atoms with E-state index in [1.165, 1.54) is 18.2 Å². The van der Waals surface area contributed by atoms with Gasteiger partial charge in [-0.3, -0.25) is 4.79 Å². The van der Waals surface area contributed by atoms with Gasteiger partial charge in [0.2, 0.25) is 5.91 Å². The maximum absolute atomic E-state index is 12.5. The molecule has 2 aliphatic rings. The van der Waals surface area contributed by atoms with E-state index in [0.717, 1.165) is 37.1 Å². The van der Waals surface area contributed by atoms with Crippen molar-refractivity contribution in [1.29, 1.82) is 0 Å². The molecule has 2 fully saturated rings. The number of rotatable bonds is 5. The molecule has 0 spiro atoms. The topological polar surface area (TPSA) is 41.6 Å². The number of carbonyl (C=O) groups excluding carboxylic acids is 1. The van der Waals surface area contributed by atoms with Crippen LogP contribution in [0.5, 0.6) is 5.75 Å². The number of hydrogen-bond acceptors (Lipinski definition) is 3. The highest BCUT2D eigenvalue weighted by molar-refractivity contribution is 5.88. The van der Waals surface area contributed by atoms with Gasteiger partial charge in [0.1, 0.15) is 5.75 Å². The zero-order valence-corrected chi connectivity index (χ0v) is 15.8. The zero-order valence-electron chi connectivity index (χ0n) is 15.0. The summed E-state index contributed by atoms with van der Waals surface area (Å²) in [6, 6.07) is 15.5. The standard InChI is InChI=1S/C21H26N2O2.ClH/c24-21(23-13-12-17-10-11-18(15-23)22-17)9-4-14-25-20-8-3-6-16-5-1-2-7-19(16)20;/h1-3,5-8,17-18,22H,4,9-15H2;1H. The molecule has 0 saturated carbocycles. The summed E-state index contributed by atoms with van der Waals surface area (Å²) >= 11 is 0. The first-order chi connectivity index (χ1) is 12.3. The van der Waals surface area contributed by atoms with Crippen molar-refractivity contribution in [3.05, 3.63) is 42.5 Å². The molecular formula is C21H27ClN2O2. The second kappa shape index (κ2) is 8.74. The minimum absolute atomic E-state index is 0. The predicted molar refractivity (Wildman–Crippen MR) is 107 cm³/mol. The third kappa shape index (κ3) is 4.30. The van der Waals surface area contributed by atoms with E-state index in [2.05, 4.69) is 28.4 Å². The highest BCUT2D eigenvalue weighted by Gasteiger charge is 2.30. The molecule has 0 aromatic heterocycles. The van der Waals surface area contributed by atoms with Crippen LogP contribution in [0.1, 0.15) is 32.1 Å². The SMILES string of the molecule is Cl.O=C(CCCOc1cccc2ccccc12)N1CCC2CCC(C1)N2. The number of carbonyl (C=O) groups is 1. The van der Waals surface area contributed by atoms with Crippen molar-refractivity contribution >= 4 is 29.1 Å². The molecule has 5 heteroatoms. The average molecular weight is 375 g/mol. The molecule has 2 aliphatic heterocycles. The van der Waals surface area contributed by atoms with Gasteiger partial charge in [-0.05, 0) is 37.1 Å². The van der Waals surface area contributed by atoms with E-state index in [1.807, 2.05) is 24.3 Å². The third-order valence-electron chi connectivity index (χ3n) is 5.42. The molecule has 0 aliphatic carbocycles. The molecule has 140 valence electrons. The van der Waals surface area contributed by atoms with Crippen LogP contribution in [0.4, 0.5) is 0 Å². The fourth-order valence-corrected chi connectivity index (χ4v) is 4.05. The summed E-state index contributed by atoms with van der Waals surface area (Å²) in [6.07, 6.45) is 4.90. The first kappa shape index (κ1) is 19.0. The van der Waals surface area contributed by atoms with Crippen LogP contribution in [-0.4, -0.2) is 42.6 Å². The fraction of sp³-hybridized carbons (Fsp3) is 0.476. The average Bonchev–Trinajstić information content (AvgIpc) is 2.97. The van der Waals surface area contributed by atoms with Crippen LogP contribution < -0.4 is 10.1 Å². The van der Waals surface area contributed by atoms with Gasteiger partial charge in [-0.15, -0.1) is 12.4 Å². The minimum Gasteiger partial charge on any atom is -0.493 e. The molecule has 1 N–H and O–H groups in total. The van der Waals surface area contributed by atoms with Gasteiger partial charge in [-0.25, -0.2) is 0 Å². The molecule has 2 atom stereocenters. The molecule has 2 bridgehead atoms. The van der Waals surface area contributed by atoms with Crippen molar-refractivity contribution in [1.82, 2.24) is 10.2 Å². The number of likely N-dealkylation sites (tertiary alicyclic amines) is 1. The number of nitrogens with zero attached hydrogens (tertiary/aromatic N) is 1. The lowest BCUT2D eigenvalue weighted by Gasteiger charge is -2.24. The monoisotopic (exact) mass is 374 g/mol. The van der Waals surface area contributed by atoms with Gasteiger partial charge in [0.15, 0.2) is 0 Å². The lowest BCUT2D eigenvalue weighted by atomic mass is 10.1. The van der Waals surface area contributed by atoms with Gasteiger partial charge in [0, 0.05) is 37.0 Å². The van der Waals surface area contributed by atoms with Crippen molar-refractivity contribution in [2.45, 2.75) is 44.2 Å². The zero-order chi connectivity index (χ0) is 17.1. The molecule has 2 aromatic carbocycles. The molecule has 2 aromatic rings. The predicted octanol–water partition coefficient (Wildman–Crippen LogP) is 3.77. The number of benzene rings is 2.